The average Bonchev–Trinajstić information content (AvgIpc) is 2.20. The Morgan fingerprint density at radius 3 is 2.21 bits per heavy atom. The molecular formula is C13H16F5N. The number of alkyl halides is 3. The van der Waals surface area contributed by atoms with E-state index in [0.29, 0.717) is 0 Å². The molecule has 0 aliphatic heterocycles. The Balaban J connectivity index is 2.78. The normalized spacial score (nSPS) is 15.4. The third kappa shape index (κ3) is 4.78. The minimum Gasteiger partial charge on any atom is -0.307 e. The highest BCUT2D eigenvalue weighted by molar-refractivity contribution is 5.27. The maximum Gasteiger partial charge on any atom is 0.390 e. The fraction of sp³-hybridized carbons (Fsp3) is 0.538. The van der Waals surface area contributed by atoms with E-state index >= 15 is 0 Å². The van der Waals surface area contributed by atoms with Gasteiger partial charge in [-0.25, -0.2) is 8.78 Å². The zero-order valence-corrected chi connectivity index (χ0v) is 10.9. The lowest BCUT2D eigenvalue weighted by Gasteiger charge is -2.22. The first-order valence-electron chi connectivity index (χ1n) is 5.88. The first-order chi connectivity index (χ1) is 8.60. The summed E-state index contributed by atoms with van der Waals surface area (Å²) in [7, 11) is 0. The van der Waals surface area contributed by atoms with Crippen LogP contribution in [0.25, 0.3) is 0 Å². The van der Waals surface area contributed by atoms with Crippen LogP contribution in [0.15, 0.2) is 12.1 Å². The summed E-state index contributed by atoms with van der Waals surface area (Å²) in [5, 5.41) is 2.61. The molecule has 0 saturated carbocycles. The second-order valence-corrected chi connectivity index (χ2v) is 4.73. The van der Waals surface area contributed by atoms with Crippen LogP contribution in [-0.4, -0.2) is 12.2 Å². The van der Waals surface area contributed by atoms with Crippen LogP contribution in [0.5, 0.6) is 0 Å². The summed E-state index contributed by atoms with van der Waals surface area (Å²) in [6.45, 7) is 4.28. The van der Waals surface area contributed by atoms with E-state index in [0.717, 1.165) is 12.1 Å². The van der Waals surface area contributed by atoms with Gasteiger partial charge in [-0.1, -0.05) is 0 Å². The van der Waals surface area contributed by atoms with Gasteiger partial charge in [0.1, 0.15) is 11.6 Å². The highest BCUT2D eigenvalue weighted by Crippen LogP contribution is 2.25. The summed E-state index contributed by atoms with van der Waals surface area (Å²) in [6, 6.07) is 0.478. The minimum absolute atomic E-state index is 0.0251. The van der Waals surface area contributed by atoms with Gasteiger partial charge < -0.3 is 5.32 Å². The van der Waals surface area contributed by atoms with Crippen LogP contribution in [0.2, 0.25) is 0 Å². The monoisotopic (exact) mass is 281 g/mol. The number of benzene rings is 1. The molecule has 6 heteroatoms. The molecule has 1 aromatic rings. The largest absolute Gasteiger partial charge is 0.390 e. The Morgan fingerprint density at radius 1 is 1.11 bits per heavy atom. The SMILES string of the molecule is Cc1cc(F)c(C(C)NC(C)CC(F)(F)F)cc1F. The van der Waals surface area contributed by atoms with Crippen molar-refractivity contribution < 1.29 is 22.0 Å². The van der Waals surface area contributed by atoms with Crippen LogP contribution in [0.4, 0.5) is 22.0 Å². The van der Waals surface area contributed by atoms with Crippen molar-refractivity contribution >= 4 is 0 Å². The van der Waals surface area contributed by atoms with Crippen LogP contribution < -0.4 is 5.32 Å². The Kier molecular flexibility index (Phi) is 4.90. The zero-order chi connectivity index (χ0) is 14.8. The highest BCUT2D eigenvalue weighted by Gasteiger charge is 2.30. The highest BCUT2D eigenvalue weighted by atomic mass is 19.4. The number of nitrogens with one attached hydrogen (secondary N) is 1. The molecule has 0 heterocycles. The van der Waals surface area contributed by atoms with E-state index in [4.69, 9.17) is 0 Å². The van der Waals surface area contributed by atoms with Gasteiger partial charge in [-0.05, 0) is 38.5 Å². The first kappa shape index (κ1) is 15.9. The number of hydrogen-bond acceptors (Lipinski definition) is 1. The quantitative estimate of drug-likeness (QED) is 0.813. The standard InChI is InChI=1S/C13H16F5N/c1-7-4-12(15)10(5-11(7)14)9(3)19-8(2)6-13(16,17)18/h4-5,8-9,19H,6H2,1-3H3. The number of hydrogen-bond donors (Lipinski definition) is 1. The van der Waals surface area contributed by atoms with E-state index in [1.165, 1.54) is 20.8 Å². The summed E-state index contributed by atoms with van der Waals surface area (Å²) in [4.78, 5) is 0. The van der Waals surface area contributed by atoms with E-state index in [9.17, 15) is 22.0 Å². The summed E-state index contributed by atoms with van der Waals surface area (Å²) in [6.07, 6.45) is -5.31. The Morgan fingerprint density at radius 2 is 1.68 bits per heavy atom. The van der Waals surface area contributed by atoms with E-state index in [1.807, 2.05) is 0 Å². The van der Waals surface area contributed by atoms with Crippen LogP contribution in [0.3, 0.4) is 0 Å². The van der Waals surface area contributed by atoms with Gasteiger partial charge >= 0.3 is 6.18 Å². The molecule has 1 aromatic carbocycles. The second-order valence-electron chi connectivity index (χ2n) is 4.73. The molecule has 0 aliphatic carbocycles. The molecule has 1 N–H and O–H groups in total. The van der Waals surface area contributed by atoms with E-state index in [-0.39, 0.29) is 11.1 Å². The van der Waals surface area contributed by atoms with Crippen LogP contribution in [-0.2, 0) is 0 Å². The molecule has 0 amide bonds. The fourth-order valence-corrected chi connectivity index (χ4v) is 1.92. The van der Waals surface area contributed by atoms with Crippen molar-refractivity contribution in [3.05, 3.63) is 34.9 Å². The second kappa shape index (κ2) is 5.86. The molecule has 0 bridgehead atoms. The molecule has 2 unspecified atom stereocenters. The molecule has 0 aliphatic rings. The average molecular weight is 281 g/mol. The van der Waals surface area contributed by atoms with Gasteiger partial charge in [-0.2, -0.15) is 13.2 Å². The summed E-state index contributed by atoms with van der Waals surface area (Å²) < 4.78 is 63.5. The van der Waals surface area contributed by atoms with Crippen LogP contribution in [0.1, 0.15) is 37.4 Å². The molecule has 0 aromatic heterocycles. The van der Waals surface area contributed by atoms with Gasteiger partial charge in [-0.3, -0.25) is 0 Å². The van der Waals surface area contributed by atoms with Crippen molar-refractivity contribution in [2.75, 3.05) is 0 Å². The van der Waals surface area contributed by atoms with Gasteiger partial charge in [0, 0.05) is 17.6 Å². The van der Waals surface area contributed by atoms with Crippen molar-refractivity contribution in [3.8, 4) is 0 Å². The predicted octanol–water partition coefficient (Wildman–Crippen LogP) is 4.26. The van der Waals surface area contributed by atoms with Crippen molar-refractivity contribution in [1.29, 1.82) is 0 Å². The summed E-state index contributed by atoms with van der Waals surface area (Å²) in [5.41, 5.74) is 0.189. The van der Waals surface area contributed by atoms with Crippen molar-refractivity contribution in [1.82, 2.24) is 5.32 Å². The lowest BCUT2D eigenvalue weighted by Crippen LogP contribution is -2.33. The lowest BCUT2D eigenvalue weighted by atomic mass is 10.0. The van der Waals surface area contributed by atoms with Crippen molar-refractivity contribution in [2.45, 2.75) is 45.5 Å². The topological polar surface area (TPSA) is 12.0 Å². The zero-order valence-electron chi connectivity index (χ0n) is 10.9. The molecule has 108 valence electrons. The smallest absolute Gasteiger partial charge is 0.307 e. The molecule has 0 saturated heterocycles. The first-order valence-corrected chi connectivity index (χ1v) is 5.88. The molecule has 0 fully saturated rings. The van der Waals surface area contributed by atoms with Crippen molar-refractivity contribution in [3.63, 3.8) is 0 Å². The molecule has 1 rings (SSSR count). The molecule has 19 heavy (non-hydrogen) atoms. The fourth-order valence-electron chi connectivity index (χ4n) is 1.92. The Labute approximate surface area is 108 Å². The maximum atomic E-state index is 13.6. The number of rotatable bonds is 4. The van der Waals surface area contributed by atoms with E-state index in [1.54, 1.807) is 0 Å². The van der Waals surface area contributed by atoms with E-state index < -0.39 is 36.3 Å². The Hall–Kier alpha value is -1.17. The van der Waals surface area contributed by atoms with E-state index in [2.05, 4.69) is 5.32 Å². The molecule has 1 nitrogen and oxygen atoms in total. The third-order valence-corrected chi connectivity index (χ3v) is 2.82. The molecule has 2 atom stereocenters. The van der Waals surface area contributed by atoms with Gasteiger partial charge in [0.25, 0.3) is 0 Å². The summed E-state index contributed by atoms with van der Waals surface area (Å²) >= 11 is 0. The minimum atomic E-state index is -4.29. The number of aryl methyl sites for hydroxylation is 1. The lowest BCUT2D eigenvalue weighted by molar-refractivity contribution is -0.139. The molecule has 0 spiro atoms. The third-order valence-electron chi connectivity index (χ3n) is 2.82. The van der Waals surface area contributed by atoms with Gasteiger partial charge in [-0.15, -0.1) is 0 Å². The van der Waals surface area contributed by atoms with Gasteiger partial charge in [0.2, 0.25) is 0 Å². The Bertz CT molecular complexity index is 441. The van der Waals surface area contributed by atoms with Crippen molar-refractivity contribution in [2.24, 2.45) is 0 Å². The summed E-state index contributed by atoms with van der Waals surface area (Å²) in [5.74, 6) is -1.20. The van der Waals surface area contributed by atoms with Gasteiger partial charge in [0.15, 0.2) is 0 Å². The number of halogens is 5. The van der Waals surface area contributed by atoms with Crippen LogP contribution in [0, 0.1) is 18.6 Å². The van der Waals surface area contributed by atoms with Crippen LogP contribution >= 0.6 is 0 Å². The predicted molar refractivity (Wildman–Crippen MR) is 62.8 cm³/mol. The molecular weight excluding hydrogens is 265 g/mol. The maximum absolute atomic E-state index is 13.6. The van der Waals surface area contributed by atoms with Gasteiger partial charge in [0.05, 0.1) is 6.42 Å². The molecule has 0 radical (unpaired) electrons.